The number of amides is 1. The zero-order chi connectivity index (χ0) is 15.4. The van der Waals surface area contributed by atoms with Gasteiger partial charge in [0.15, 0.2) is 10.6 Å². The summed E-state index contributed by atoms with van der Waals surface area (Å²) >= 11 is 2.69. The number of ketones is 1. The third-order valence-corrected chi connectivity index (χ3v) is 4.65. The molecule has 22 heavy (non-hydrogen) atoms. The first kappa shape index (κ1) is 14.6. The van der Waals surface area contributed by atoms with Crippen LogP contribution < -0.4 is 4.80 Å². The molecule has 0 atom stereocenters. The number of thiazole rings is 1. The molecule has 0 aliphatic carbocycles. The third-order valence-electron chi connectivity index (χ3n) is 3.00. The molecule has 3 aromatic rings. The van der Waals surface area contributed by atoms with Gasteiger partial charge in [-0.05, 0) is 11.4 Å². The maximum Gasteiger partial charge on any atom is 0.289 e. The number of nitrogens with zero attached hydrogens (tertiary/aromatic N) is 2. The number of hydrogen-bond acceptors (Lipinski definition) is 4. The summed E-state index contributed by atoms with van der Waals surface area (Å²) in [5.41, 5.74) is 0.650. The van der Waals surface area contributed by atoms with Crippen LogP contribution in [0.15, 0.2) is 64.4 Å². The number of hydrogen-bond donors (Lipinski definition) is 0. The summed E-state index contributed by atoms with van der Waals surface area (Å²) in [7, 11) is 0. The highest BCUT2D eigenvalue weighted by molar-refractivity contribution is 7.12. The van der Waals surface area contributed by atoms with Gasteiger partial charge in [-0.15, -0.1) is 22.7 Å². The second-order valence-corrected chi connectivity index (χ2v) is 6.32. The van der Waals surface area contributed by atoms with Crippen LogP contribution in [-0.2, 0) is 6.54 Å². The van der Waals surface area contributed by atoms with Gasteiger partial charge in [0.1, 0.15) is 0 Å². The maximum absolute atomic E-state index is 12.2. The van der Waals surface area contributed by atoms with Crippen LogP contribution in [0.3, 0.4) is 0 Å². The van der Waals surface area contributed by atoms with Crippen LogP contribution >= 0.6 is 22.7 Å². The van der Waals surface area contributed by atoms with Gasteiger partial charge in [-0.1, -0.05) is 36.4 Å². The maximum atomic E-state index is 12.2. The predicted octanol–water partition coefficient (Wildman–Crippen LogP) is 3.24. The van der Waals surface area contributed by atoms with Crippen LogP contribution in [0.4, 0.5) is 0 Å². The number of carbonyl (C=O) groups is 2. The van der Waals surface area contributed by atoms with Crippen LogP contribution in [0.2, 0.25) is 0 Å². The van der Waals surface area contributed by atoms with Gasteiger partial charge in [0.05, 0.1) is 11.4 Å². The summed E-state index contributed by atoms with van der Waals surface area (Å²) in [6.07, 6.45) is 1.77. The number of carbonyl (C=O) groups excluding carboxylic acids is 2. The van der Waals surface area contributed by atoms with E-state index >= 15 is 0 Å². The number of thiophene rings is 1. The molecule has 0 aliphatic heterocycles. The Balaban J connectivity index is 1.84. The number of rotatable bonds is 4. The first-order chi connectivity index (χ1) is 10.7. The standard InChI is InChI=1S/C16H12N2O2S2/c19-13(12-5-2-1-3-6-12)11-18-8-10-22-16(18)17-15(20)14-7-4-9-21-14/h1-10H,11H2. The normalized spacial score (nSPS) is 11.5. The predicted molar refractivity (Wildman–Crippen MR) is 87.3 cm³/mol. The summed E-state index contributed by atoms with van der Waals surface area (Å²) in [6, 6.07) is 12.6. The van der Waals surface area contributed by atoms with Gasteiger partial charge in [0.2, 0.25) is 0 Å². The molecule has 0 N–H and O–H groups in total. The lowest BCUT2D eigenvalue weighted by Gasteiger charge is -2.02. The molecule has 0 radical (unpaired) electrons. The molecule has 0 spiro atoms. The summed E-state index contributed by atoms with van der Waals surface area (Å²) < 4.78 is 1.70. The average molecular weight is 328 g/mol. The van der Waals surface area contributed by atoms with Crippen LogP contribution in [0, 0.1) is 0 Å². The molecule has 1 amide bonds. The van der Waals surface area contributed by atoms with Gasteiger partial charge in [0, 0.05) is 17.1 Å². The van der Waals surface area contributed by atoms with Gasteiger partial charge >= 0.3 is 0 Å². The van der Waals surface area contributed by atoms with E-state index in [1.807, 2.05) is 35.0 Å². The summed E-state index contributed by atoms with van der Waals surface area (Å²) in [4.78, 5) is 29.5. The number of benzene rings is 1. The first-order valence-corrected chi connectivity index (χ1v) is 8.35. The van der Waals surface area contributed by atoms with E-state index in [0.717, 1.165) is 0 Å². The van der Waals surface area contributed by atoms with Crippen molar-refractivity contribution in [2.24, 2.45) is 4.99 Å². The molecule has 2 heterocycles. The SMILES string of the molecule is O=C(Cn1ccsc1=NC(=O)c1cccs1)c1ccccc1. The quantitative estimate of drug-likeness (QED) is 0.690. The van der Waals surface area contributed by atoms with Crippen molar-refractivity contribution in [2.45, 2.75) is 6.54 Å². The smallest absolute Gasteiger partial charge is 0.289 e. The fourth-order valence-corrected chi connectivity index (χ4v) is 3.25. The topological polar surface area (TPSA) is 51.4 Å². The lowest BCUT2D eigenvalue weighted by Crippen LogP contribution is -2.21. The lowest BCUT2D eigenvalue weighted by atomic mass is 10.1. The molecule has 6 heteroatoms. The van der Waals surface area contributed by atoms with Gasteiger partial charge in [-0.3, -0.25) is 9.59 Å². The van der Waals surface area contributed by atoms with Crippen LogP contribution in [0.25, 0.3) is 0 Å². The van der Waals surface area contributed by atoms with E-state index in [1.165, 1.54) is 22.7 Å². The Kier molecular flexibility index (Phi) is 4.41. The Labute approximate surface area is 135 Å². The Bertz CT molecular complexity index is 846. The monoisotopic (exact) mass is 328 g/mol. The van der Waals surface area contributed by atoms with E-state index in [0.29, 0.717) is 15.2 Å². The Morgan fingerprint density at radius 3 is 2.55 bits per heavy atom. The molecule has 110 valence electrons. The molecule has 0 aliphatic rings. The number of aromatic nitrogens is 1. The van der Waals surface area contributed by atoms with Crippen molar-refractivity contribution < 1.29 is 9.59 Å². The molecule has 4 nitrogen and oxygen atoms in total. The summed E-state index contributed by atoms with van der Waals surface area (Å²) in [5, 5.41) is 3.66. The van der Waals surface area contributed by atoms with Crippen molar-refractivity contribution in [3.63, 3.8) is 0 Å². The zero-order valence-corrected chi connectivity index (χ0v) is 13.1. The fourth-order valence-electron chi connectivity index (χ4n) is 1.92. The van der Waals surface area contributed by atoms with E-state index in [-0.39, 0.29) is 18.2 Å². The van der Waals surface area contributed by atoms with Crippen LogP contribution in [-0.4, -0.2) is 16.3 Å². The van der Waals surface area contributed by atoms with Crippen molar-refractivity contribution in [1.82, 2.24) is 4.57 Å². The Morgan fingerprint density at radius 2 is 1.82 bits per heavy atom. The van der Waals surface area contributed by atoms with Crippen molar-refractivity contribution in [2.75, 3.05) is 0 Å². The highest BCUT2D eigenvalue weighted by Crippen LogP contribution is 2.09. The van der Waals surface area contributed by atoms with Crippen molar-refractivity contribution in [1.29, 1.82) is 0 Å². The highest BCUT2D eigenvalue weighted by Gasteiger charge is 2.09. The zero-order valence-electron chi connectivity index (χ0n) is 11.5. The van der Waals surface area contributed by atoms with Crippen molar-refractivity contribution in [3.05, 3.63) is 74.7 Å². The third kappa shape index (κ3) is 3.29. The lowest BCUT2D eigenvalue weighted by molar-refractivity contribution is 0.0963. The molecule has 0 fully saturated rings. The first-order valence-electron chi connectivity index (χ1n) is 6.59. The van der Waals surface area contributed by atoms with Crippen molar-refractivity contribution >= 4 is 34.4 Å². The van der Waals surface area contributed by atoms with Gasteiger partial charge < -0.3 is 4.57 Å². The molecular formula is C16H12N2O2S2. The molecular weight excluding hydrogens is 316 g/mol. The fraction of sp³-hybridized carbons (Fsp3) is 0.0625. The minimum atomic E-state index is -0.279. The molecule has 2 aromatic heterocycles. The van der Waals surface area contributed by atoms with Gasteiger partial charge in [0.25, 0.3) is 5.91 Å². The van der Waals surface area contributed by atoms with Crippen LogP contribution in [0.1, 0.15) is 20.0 Å². The molecule has 3 rings (SSSR count). The van der Waals surface area contributed by atoms with E-state index in [4.69, 9.17) is 0 Å². The summed E-state index contributed by atoms with van der Waals surface area (Å²) in [5.74, 6) is -0.289. The molecule has 0 unspecified atom stereocenters. The summed E-state index contributed by atoms with van der Waals surface area (Å²) in [6.45, 7) is 0.171. The van der Waals surface area contributed by atoms with Gasteiger partial charge in [-0.25, -0.2) is 0 Å². The molecule has 1 aromatic carbocycles. The largest absolute Gasteiger partial charge is 0.316 e. The average Bonchev–Trinajstić information content (AvgIpc) is 3.20. The van der Waals surface area contributed by atoms with Gasteiger partial charge in [-0.2, -0.15) is 4.99 Å². The van der Waals surface area contributed by atoms with Crippen molar-refractivity contribution in [3.8, 4) is 0 Å². The second-order valence-electron chi connectivity index (χ2n) is 4.50. The van der Waals surface area contributed by atoms with E-state index in [1.54, 1.807) is 29.0 Å². The minimum Gasteiger partial charge on any atom is -0.316 e. The van der Waals surface area contributed by atoms with Crippen LogP contribution in [0.5, 0.6) is 0 Å². The Morgan fingerprint density at radius 1 is 1.00 bits per heavy atom. The Hall–Kier alpha value is -2.31. The van der Waals surface area contributed by atoms with E-state index < -0.39 is 0 Å². The van der Waals surface area contributed by atoms with E-state index in [2.05, 4.69) is 4.99 Å². The molecule has 0 saturated carbocycles. The second kappa shape index (κ2) is 6.64. The number of Topliss-reactive ketones (excluding diaryl/α,β-unsaturated/α-hetero) is 1. The molecule has 0 bridgehead atoms. The van der Waals surface area contributed by atoms with E-state index in [9.17, 15) is 9.59 Å². The minimum absolute atomic E-state index is 0.0102. The highest BCUT2D eigenvalue weighted by atomic mass is 32.1. The molecule has 0 saturated heterocycles.